The molecule has 8 nitrogen and oxygen atoms in total. The van der Waals surface area contributed by atoms with Crippen LogP contribution in [0.3, 0.4) is 0 Å². The van der Waals surface area contributed by atoms with E-state index in [1.165, 1.54) is 18.4 Å². The predicted octanol–water partition coefficient (Wildman–Crippen LogP) is 7.84. The van der Waals surface area contributed by atoms with Gasteiger partial charge in [-0.1, -0.05) is 66.5 Å². The number of benzene rings is 2. The summed E-state index contributed by atoms with van der Waals surface area (Å²) in [5.74, 6) is -1.32. The number of rotatable bonds is 5. The minimum absolute atomic E-state index is 0.0623. The van der Waals surface area contributed by atoms with Crippen LogP contribution in [0.2, 0.25) is 10.0 Å². The molecule has 4 aromatic rings. The summed E-state index contributed by atoms with van der Waals surface area (Å²) >= 11 is 14.3. The topological polar surface area (TPSA) is 94.8 Å². The van der Waals surface area contributed by atoms with Gasteiger partial charge in [0.2, 0.25) is 0 Å². The summed E-state index contributed by atoms with van der Waals surface area (Å²) in [6.45, 7) is 5.78. The Morgan fingerprint density at radius 1 is 1.10 bits per heavy atom. The van der Waals surface area contributed by atoms with Gasteiger partial charge >= 0.3 is 11.9 Å². The Morgan fingerprint density at radius 2 is 1.76 bits per heavy atom. The van der Waals surface area contributed by atoms with Crippen molar-refractivity contribution in [1.82, 2.24) is 10.1 Å². The van der Waals surface area contributed by atoms with Gasteiger partial charge in [-0.3, -0.25) is 0 Å². The van der Waals surface area contributed by atoms with Crippen LogP contribution in [0.4, 0.5) is 9.52 Å². The Bertz CT molecular complexity index is 1680. The number of carbonyl (C=O) groups excluding carboxylic acids is 2. The SMILES string of the molecule is COC(=O)c1cc(F)c2nc(N3[C@@H]4CC[C@H]3C[C@@H](OC(=O)c3c(-c5c(Cl)cccc5Cl)noc3C(C)(C)C)C4)sc2c1. The largest absolute Gasteiger partial charge is 0.465 e. The standard InChI is InChI=1S/C30H28Cl2FN3O5S/c1-30(2,3)26-23(25(35-41-26)22-18(31)6-5-7-19(22)32)28(38)40-17-12-15-8-9-16(13-17)36(15)29-34-24-20(33)10-14(27(37)39-4)11-21(24)42-29/h5-7,10-11,15-17H,8-9,12-13H2,1-4H3/t15-,16+,17+. The third kappa shape index (κ3) is 5.03. The first-order chi connectivity index (χ1) is 20.0. The van der Waals surface area contributed by atoms with Crippen molar-refractivity contribution in [3.05, 3.63) is 63.1 Å². The van der Waals surface area contributed by atoms with Crippen molar-refractivity contribution in [2.24, 2.45) is 0 Å². The number of halogens is 3. The van der Waals surface area contributed by atoms with E-state index in [0.717, 1.165) is 18.9 Å². The summed E-state index contributed by atoms with van der Waals surface area (Å²) in [7, 11) is 1.26. The van der Waals surface area contributed by atoms with E-state index < -0.39 is 23.2 Å². The highest BCUT2D eigenvalue weighted by Crippen LogP contribution is 2.45. The Hall–Kier alpha value is -3.21. The number of aromatic nitrogens is 2. The molecular weight excluding hydrogens is 604 g/mol. The zero-order valence-corrected chi connectivity index (χ0v) is 25.7. The number of fused-ring (bicyclic) bond motifs is 3. The number of carbonyl (C=O) groups is 2. The first-order valence-corrected chi connectivity index (χ1v) is 15.2. The summed E-state index contributed by atoms with van der Waals surface area (Å²) < 4.78 is 32.0. The molecule has 3 atom stereocenters. The number of hydrogen-bond donors (Lipinski definition) is 0. The van der Waals surface area contributed by atoms with E-state index in [1.54, 1.807) is 24.3 Å². The summed E-state index contributed by atoms with van der Waals surface area (Å²) in [6.07, 6.45) is 2.62. The van der Waals surface area contributed by atoms with Crippen LogP contribution >= 0.6 is 34.5 Å². The maximum absolute atomic E-state index is 14.8. The van der Waals surface area contributed by atoms with Crippen molar-refractivity contribution >= 4 is 61.8 Å². The molecular formula is C30H28Cl2FN3O5S. The van der Waals surface area contributed by atoms with Gasteiger partial charge in [0, 0.05) is 35.9 Å². The first kappa shape index (κ1) is 28.9. The molecule has 0 amide bonds. The molecule has 2 bridgehead atoms. The van der Waals surface area contributed by atoms with Gasteiger partial charge in [-0.15, -0.1) is 0 Å². The maximum Gasteiger partial charge on any atom is 0.344 e. The van der Waals surface area contributed by atoms with Gasteiger partial charge in [-0.05, 0) is 37.1 Å². The normalized spacial score (nSPS) is 20.3. The third-order valence-electron chi connectivity index (χ3n) is 7.82. The van der Waals surface area contributed by atoms with E-state index >= 15 is 0 Å². The van der Waals surface area contributed by atoms with Crippen LogP contribution < -0.4 is 4.90 Å². The second-order valence-electron chi connectivity index (χ2n) is 11.7. The van der Waals surface area contributed by atoms with Crippen molar-refractivity contribution in [2.45, 2.75) is 70.1 Å². The summed E-state index contributed by atoms with van der Waals surface area (Å²) in [5, 5.41) is 5.60. The van der Waals surface area contributed by atoms with Crippen LogP contribution in [0.25, 0.3) is 21.5 Å². The molecule has 0 radical (unpaired) electrons. The van der Waals surface area contributed by atoms with Crippen LogP contribution in [-0.4, -0.2) is 47.4 Å². The van der Waals surface area contributed by atoms with Gasteiger partial charge < -0.3 is 18.9 Å². The maximum atomic E-state index is 14.8. The van der Waals surface area contributed by atoms with E-state index in [4.69, 9.17) is 37.2 Å². The highest BCUT2D eigenvalue weighted by atomic mass is 35.5. The molecule has 0 saturated carbocycles. The van der Waals surface area contributed by atoms with E-state index in [9.17, 15) is 14.0 Å². The second-order valence-corrected chi connectivity index (χ2v) is 13.5. The molecule has 0 aliphatic carbocycles. The van der Waals surface area contributed by atoms with Crippen LogP contribution in [0.1, 0.15) is 72.9 Å². The number of nitrogens with zero attached hydrogens (tertiary/aromatic N) is 3. The van der Waals surface area contributed by atoms with Gasteiger partial charge in [0.05, 0.1) is 27.4 Å². The summed E-state index contributed by atoms with van der Waals surface area (Å²) in [4.78, 5) is 32.6. The predicted molar refractivity (Wildman–Crippen MR) is 159 cm³/mol. The second kappa shape index (κ2) is 10.8. The van der Waals surface area contributed by atoms with Crippen LogP contribution in [0, 0.1) is 5.82 Å². The molecule has 2 aliphatic rings. The number of anilines is 1. The average molecular weight is 633 g/mol. The lowest BCUT2D eigenvalue weighted by atomic mass is 9.88. The van der Waals surface area contributed by atoms with E-state index in [2.05, 4.69) is 15.0 Å². The highest BCUT2D eigenvalue weighted by Gasteiger charge is 2.44. The van der Waals surface area contributed by atoms with E-state index in [0.29, 0.717) is 44.0 Å². The van der Waals surface area contributed by atoms with Crippen molar-refractivity contribution in [3.8, 4) is 11.3 Å². The number of ether oxygens (including phenoxy) is 2. The van der Waals surface area contributed by atoms with Gasteiger partial charge in [0.25, 0.3) is 0 Å². The van der Waals surface area contributed by atoms with Gasteiger partial charge in [-0.2, -0.15) is 0 Å². The first-order valence-electron chi connectivity index (χ1n) is 13.6. The summed E-state index contributed by atoms with van der Waals surface area (Å²) in [6, 6.07) is 7.97. The molecule has 0 spiro atoms. The fourth-order valence-electron chi connectivity index (χ4n) is 5.96. The lowest BCUT2D eigenvalue weighted by Crippen LogP contribution is -2.46. The Balaban J connectivity index is 1.26. The number of esters is 2. The molecule has 2 aromatic heterocycles. The van der Waals surface area contributed by atoms with E-state index in [-0.39, 0.29) is 40.5 Å². The van der Waals surface area contributed by atoms with Crippen molar-refractivity contribution in [2.75, 3.05) is 12.0 Å². The molecule has 2 fully saturated rings. The zero-order valence-electron chi connectivity index (χ0n) is 23.4. The monoisotopic (exact) mass is 631 g/mol. The molecule has 4 heterocycles. The molecule has 0 N–H and O–H groups in total. The van der Waals surface area contributed by atoms with Crippen molar-refractivity contribution < 1.29 is 28.0 Å². The fourth-order valence-corrected chi connectivity index (χ4v) is 7.69. The zero-order chi connectivity index (χ0) is 29.9. The smallest absolute Gasteiger partial charge is 0.344 e. The van der Waals surface area contributed by atoms with Crippen LogP contribution in [0.15, 0.2) is 34.9 Å². The average Bonchev–Trinajstić information content (AvgIpc) is 3.62. The molecule has 2 saturated heterocycles. The molecule has 220 valence electrons. The summed E-state index contributed by atoms with van der Waals surface area (Å²) in [5.41, 5.74) is 0.723. The molecule has 12 heteroatoms. The molecule has 42 heavy (non-hydrogen) atoms. The van der Waals surface area contributed by atoms with E-state index in [1.807, 2.05) is 20.8 Å². The third-order valence-corrected chi connectivity index (χ3v) is 9.47. The minimum atomic E-state index is -0.601. The molecule has 6 rings (SSSR count). The van der Waals surface area contributed by atoms with Crippen molar-refractivity contribution in [3.63, 3.8) is 0 Å². The van der Waals surface area contributed by atoms with Gasteiger partial charge in [0.15, 0.2) is 16.7 Å². The van der Waals surface area contributed by atoms with Crippen LogP contribution in [-0.2, 0) is 14.9 Å². The van der Waals surface area contributed by atoms with Crippen molar-refractivity contribution in [1.29, 1.82) is 0 Å². The van der Waals surface area contributed by atoms with Gasteiger partial charge in [-0.25, -0.2) is 19.0 Å². The highest BCUT2D eigenvalue weighted by molar-refractivity contribution is 7.22. The number of hydrogen-bond acceptors (Lipinski definition) is 9. The Kier molecular flexibility index (Phi) is 7.43. The minimum Gasteiger partial charge on any atom is -0.465 e. The molecule has 2 aromatic carbocycles. The Morgan fingerprint density at radius 3 is 2.38 bits per heavy atom. The Labute approximate surface area is 255 Å². The number of methoxy groups -OCH3 is 1. The molecule has 2 aliphatic heterocycles. The van der Waals surface area contributed by atoms with Crippen LogP contribution in [0.5, 0.6) is 0 Å². The number of thiazole rings is 1. The van der Waals surface area contributed by atoms with Gasteiger partial charge in [0.1, 0.15) is 22.9 Å². The lowest BCUT2D eigenvalue weighted by molar-refractivity contribution is 0.0200. The molecule has 0 unspecified atom stereocenters. The fraction of sp³-hybridized carbons (Fsp3) is 0.400. The number of piperidine rings is 1. The lowest BCUT2D eigenvalue weighted by Gasteiger charge is -2.38. The quantitative estimate of drug-likeness (QED) is 0.206.